The lowest BCUT2D eigenvalue weighted by Crippen LogP contribution is -2.36. The van der Waals surface area contributed by atoms with Gasteiger partial charge in [-0.2, -0.15) is 0 Å². The molecule has 0 aromatic carbocycles. The van der Waals surface area contributed by atoms with Crippen LogP contribution in [0.1, 0.15) is 52.8 Å². The molecule has 0 radical (unpaired) electrons. The Kier molecular flexibility index (Phi) is 5.83. The first-order valence-electron chi connectivity index (χ1n) is 8.50. The fourth-order valence-corrected chi connectivity index (χ4v) is 2.94. The average molecular weight is 290 g/mol. The second kappa shape index (κ2) is 7.62. The van der Waals surface area contributed by atoms with Gasteiger partial charge in [0, 0.05) is 32.1 Å². The van der Waals surface area contributed by atoms with Crippen molar-refractivity contribution in [1.29, 1.82) is 0 Å². The molecular formula is C17H30N4. The average Bonchev–Trinajstić information content (AvgIpc) is 2.52. The quantitative estimate of drug-likeness (QED) is 0.866. The van der Waals surface area contributed by atoms with Crippen LogP contribution in [-0.4, -0.2) is 29.6 Å². The fraction of sp³-hybridized carbons (Fsp3) is 0.765. The number of nitrogens with one attached hydrogen (secondary N) is 1. The highest BCUT2D eigenvalue weighted by Gasteiger charge is 2.22. The zero-order chi connectivity index (χ0) is 15.2. The molecular weight excluding hydrogens is 260 g/mol. The van der Waals surface area contributed by atoms with Crippen molar-refractivity contribution in [3.8, 4) is 0 Å². The van der Waals surface area contributed by atoms with Crippen molar-refractivity contribution in [1.82, 2.24) is 9.97 Å². The van der Waals surface area contributed by atoms with Gasteiger partial charge in [-0.15, -0.1) is 0 Å². The maximum absolute atomic E-state index is 4.73. The van der Waals surface area contributed by atoms with Gasteiger partial charge in [-0.05, 0) is 31.1 Å². The van der Waals surface area contributed by atoms with E-state index in [1.807, 2.05) is 0 Å². The molecule has 2 rings (SSSR count). The van der Waals surface area contributed by atoms with Crippen LogP contribution in [0.25, 0.3) is 0 Å². The molecule has 4 heteroatoms. The molecule has 1 N–H and O–H groups in total. The minimum Gasteiger partial charge on any atom is -0.370 e. The third-order valence-corrected chi connectivity index (χ3v) is 4.44. The minimum atomic E-state index is 0.797. The Morgan fingerprint density at radius 3 is 2.52 bits per heavy atom. The van der Waals surface area contributed by atoms with Gasteiger partial charge in [-0.3, -0.25) is 0 Å². The molecule has 1 aromatic heterocycles. The Morgan fingerprint density at radius 2 is 1.95 bits per heavy atom. The first-order valence-corrected chi connectivity index (χ1v) is 8.50. The van der Waals surface area contributed by atoms with E-state index in [1.54, 1.807) is 0 Å². The maximum Gasteiger partial charge on any atom is 0.134 e. The number of aromatic nitrogens is 2. The number of hydrogen-bond acceptors (Lipinski definition) is 4. The van der Waals surface area contributed by atoms with Crippen molar-refractivity contribution in [3.63, 3.8) is 0 Å². The number of nitrogens with zero attached hydrogens (tertiary/aromatic N) is 3. The number of anilines is 2. The van der Waals surface area contributed by atoms with E-state index in [1.165, 1.54) is 12.8 Å². The van der Waals surface area contributed by atoms with Crippen molar-refractivity contribution in [2.45, 2.75) is 53.4 Å². The van der Waals surface area contributed by atoms with Gasteiger partial charge in [0.1, 0.15) is 17.5 Å². The highest BCUT2D eigenvalue weighted by Crippen LogP contribution is 2.27. The molecule has 0 aliphatic carbocycles. The van der Waals surface area contributed by atoms with E-state index in [9.17, 15) is 0 Å². The lowest BCUT2D eigenvalue weighted by molar-refractivity contribution is 0.310. The monoisotopic (exact) mass is 290 g/mol. The molecule has 0 spiro atoms. The molecule has 1 saturated heterocycles. The molecule has 1 fully saturated rings. The van der Waals surface area contributed by atoms with Crippen molar-refractivity contribution in [2.24, 2.45) is 11.8 Å². The molecule has 1 aliphatic rings. The summed E-state index contributed by atoms with van der Waals surface area (Å²) in [5, 5.41) is 3.40. The third-order valence-electron chi connectivity index (χ3n) is 4.44. The summed E-state index contributed by atoms with van der Waals surface area (Å²) >= 11 is 0. The predicted molar refractivity (Wildman–Crippen MR) is 90.0 cm³/mol. The molecule has 0 unspecified atom stereocenters. The van der Waals surface area contributed by atoms with Crippen molar-refractivity contribution in [2.75, 3.05) is 29.9 Å². The van der Waals surface area contributed by atoms with Crippen LogP contribution >= 0.6 is 0 Å². The minimum absolute atomic E-state index is 0.797. The van der Waals surface area contributed by atoms with Gasteiger partial charge in [-0.25, -0.2) is 9.97 Å². The summed E-state index contributed by atoms with van der Waals surface area (Å²) in [5.74, 6) is 4.68. The molecule has 0 amide bonds. The zero-order valence-corrected chi connectivity index (χ0v) is 14.0. The number of aryl methyl sites for hydroxylation is 1. The van der Waals surface area contributed by atoms with Crippen LogP contribution in [0.4, 0.5) is 11.6 Å². The molecule has 21 heavy (non-hydrogen) atoms. The number of rotatable bonds is 6. The van der Waals surface area contributed by atoms with E-state index in [0.717, 1.165) is 61.8 Å². The second-order valence-corrected chi connectivity index (χ2v) is 6.38. The van der Waals surface area contributed by atoms with Crippen LogP contribution in [0.3, 0.4) is 0 Å². The van der Waals surface area contributed by atoms with Gasteiger partial charge in [-0.1, -0.05) is 27.7 Å². The zero-order valence-electron chi connectivity index (χ0n) is 14.0. The van der Waals surface area contributed by atoms with Gasteiger partial charge in [0.25, 0.3) is 0 Å². The third kappa shape index (κ3) is 4.32. The Bertz CT molecular complexity index is 436. The summed E-state index contributed by atoms with van der Waals surface area (Å²) in [6.45, 7) is 12.2. The summed E-state index contributed by atoms with van der Waals surface area (Å²) in [5.41, 5.74) is 0. The molecule has 118 valence electrons. The van der Waals surface area contributed by atoms with E-state index >= 15 is 0 Å². The lowest BCUT2D eigenvalue weighted by Gasteiger charge is -2.34. The Morgan fingerprint density at radius 1 is 1.24 bits per heavy atom. The standard InChI is InChI=1S/C17H30N4/c1-5-9-18-16-12-17(20-15(6-2)19-16)21-10-7-14(8-11-21)13(3)4/h12-14H,5-11H2,1-4H3,(H,18,19,20). The summed E-state index contributed by atoms with van der Waals surface area (Å²) in [6.07, 6.45) is 4.55. The van der Waals surface area contributed by atoms with Crippen LogP contribution in [-0.2, 0) is 6.42 Å². The summed E-state index contributed by atoms with van der Waals surface area (Å²) < 4.78 is 0. The molecule has 0 atom stereocenters. The van der Waals surface area contributed by atoms with Gasteiger partial charge in [0.2, 0.25) is 0 Å². The summed E-state index contributed by atoms with van der Waals surface area (Å²) in [7, 11) is 0. The molecule has 1 aliphatic heterocycles. The number of hydrogen-bond donors (Lipinski definition) is 1. The highest BCUT2D eigenvalue weighted by atomic mass is 15.2. The summed E-state index contributed by atoms with van der Waals surface area (Å²) in [6, 6.07) is 2.12. The van der Waals surface area contributed by atoms with E-state index in [4.69, 9.17) is 4.98 Å². The molecule has 0 saturated carbocycles. The molecule has 2 heterocycles. The van der Waals surface area contributed by atoms with Gasteiger partial charge in [0.05, 0.1) is 0 Å². The Labute approximate surface area is 129 Å². The Balaban J connectivity index is 2.08. The van der Waals surface area contributed by atoms with Gasteiger partial charge in [0.15, 0.2) is 0 Å². The maximum atomic E-state index is 4.73. The topological polar surface area (TPSA) is 41.0 Å². The number of piperidine rings is 1. The van der Waals surface area contributed by atoms with Crippen LogP contribution in [0.2, 0.25) is 0 Å². The SMILES string of the molecule is CCCNc1cc(N2CCC(C(C)C)CC2)nc(CC)n1. The van der Waals surface area contributed by atoms with Crippen molar-refractivity contribution < 1.29 is 0 Å². The van der Waals surface area contributed by atoms with Crippen LogP contribution < -0.4 is 10.2 Å². The van der Waals surface area contributed by atoms with Crippen LogP contribution in [0.5, 0.6) is 0 Å². The Hall–Kier alpha value is -1.32. The van der Waals surface area contributed by atoms with Crippen molar-refractivity contribution >= 4 is 11.6 Å². The first-order chi connectivity index (χ1) is 10.1. The van der Waals surface area contributed by atoms with Crippen molar-refractivity contribution in [3.05, 3.63) is 11.9 Å². The van der Waals surface area contributed by atoms with Crippen LogP contribution in [0.15, 0.2) is 6.07 Å². The van der Waals surface area contributed by atoms with E-state index in [0.29, 0.717) is 0 Å². The first kappa shape index (κ1) is 16.1. The van der Waals surface area contributed by atoms with Gasteiger partial charge < -0.3 is 10.2 Å². The molecule has 1 aromatic rings. The predicted octanol–water partition coefficient (Wildman–Crippen LogP) is 3.73. The molecule has 0 bridgehead atoms. The van der Waals surface area contributed by atoms with E-state index in [2.05, 4.69) is 49.0 Å². The van der Waals surface area contributed by atoms with Gasteiger partial charge >= 0.3 is 0 Å². The highest BCUT2D eigenvalue weighted by molar-refractivity contribution is 5.49. The second-order valence-electron chi connectivity index (χ2n) is 6.38. The normalized spacial score (nSPS) is 16.5. The van der Waals surface area contributed by atoms with E-state index in [-0.39, 0.29) is 0 Å². The van der Waals surface area contributed by atoms with E-state index < -0.39 is 0 Å². The van der Waals surface area contributed by atoms with Crippen LogP contribution in [0, 0.1) is 11.8 Å². The lowest BCUT2D eigenvalue weighted by atomic mass is 9.87. The summed E-state index contributed by atoms with van der Waals surface area (Å²) in [4.78, 5) is 11.7. The fourth-order valence-electron chi connectivity index (χ4n) is 2.94. The molecule has 4 nitrogen and oxygen atoms in total. The largest absolute Gasteiger partial charge is 0.370 e. The smallest absolute Gasteiger partial charge is 0.134 e.